The highest BCUT2D eigenvalue weighted by Gasteiger charge is 1.90. The Morgan fingerprint density at radius 1 is 1.47 bits per heavy atom. The maximum Gasteiger partial charge on any atom is 0.0884 e. The van der Waals surface area contributed by atoms with E-state index in [-0.39, 0.29) is 0 Å². The van der Waals surface area contributed by atoms with Crippen LogP contribution in [0.4, 0.5) is 0 Å². The third-order valence-corrected chi connectivity index (χ3v) is 2.98. The number of thioether (sulfide) groups is 1. The van der Waals surface area contributed by atoms with E-state index in [1.54, 1.807) is 24.2 Å². The first kappa shape index (κ1) is 17.6. The van der Waals surface area contributed by atoms with Gasteiger partial charge in [-0.25, -0.2) is 0 Å². The maximum absolute atomic E-state index is 4.20. The number of hydrogen-bond acceptors (Lipinski definition) is 4. The lowest BCUT2D eigenvalue weighted by molar-refractivity contribution is 0.752. The van der Waals surface area contributed by atoms with E-state index in [4.69, 9.17) is 0 Å². The first-order chi connectivity index (χ1) is 9.35. The van der Waals surface area contributed by atoms with Crippen LogP contribution < -0.4 is 5.32 Å². The molecule has 0 aromatic rings. The Labute approximate surface area is 121 Å². The van der Waals surface area contributed by atoms with Crippen molar-refractivity contribution in [3.8, 4) is 0 Å². The molecule has 0 aromatic heterocycles. The standard InChI is InChI=1S/C15H23N3S/c1-4-15(5-2)8-6-7-9-17-14-18-11-13-19-12-10-16-3/h4,7-10,12,15,18H,1,3,5,11,13-14H2,2H3/b12-10-,17-9?. The molecule has 1 atom stereocenters. The second kappa shape index (κ2) is 14.7. The smallest absolute Gasteiger partial charge is 0.0884 e. The van der Waals surface area contributed by atoms with Gasteiger partial charge in [-0.15, -0.1) is 24.1 Å². The van der Waals surface area contributed by atoms with Gasteiger partial charge in [0.15, 0.2) is 0 Å². The second-order valence-electron chi connectivity index (χ2n) is 3.64. The molecule has 0 saturated heterocycles. The molecule has 0 saturated carbocycles. The Bertz CT molecular complexity index is 352. The van der Waals surface area contributed by atoms with Crippen molar-refractivity contribution < 1.29 is 0 Å². The van der Waals surface area contributed by atoms with Gasteiger partial charge in [-0.3, -0.25) is 15.3 Å². The number of nitrogens with one attached hydrogen (secondary N) is 1. The van der Waals surface area contributed by atoms with Crippen molar-refractivity contribution in [3.63, 3.8) is 0 Å². The summed E-state index contributed by atoms with van der Waals surface area (Å²) in [5.41, 5.74) is 3.08. The van der Waals surface area contributed by atoms with Crippen molar-refractivity contribution in [3.05, 3.63) is 42.1 Å². The van der Waals surface area contributed by atoms with Crippen LogP contribution >= 0.6 is 11.8 Å². The topological polar surface area (TPSA) is 36.8 Å². The van der Waals surface area contributed by atoms with Crippen LogP contribution in [0.1, 0.15) is 13.3 Å². The zero-order valence-corrected chi connectivity index (χ0v) is 12.4. The largest absolute Gasteiger partial charge is 0.297 e. The molecule has 4 heteroatoms. The van der Waals surface area contributed by atoms with Gasteiger partial charge >= 0.3 is 0 Å². The van der Waals surface area contributed by atoms with Gasteiger partial charge in [0, 0.05) is 30.6 Å². The molecule has 0 radical (unpaired) electrons. The van der Waals surface area contributed by atoms with Gasteiger partial charge in [0.05, 0.1) is 6.67 Å². The van der Waals surface area contributed by atoms with Crippen molar-refractivity contribution >= 4 is 24.7 Å². The second-order valence-corrected chi connectivity index (χ2v) is 4.65. The van der Waals surface area contributed by atoms with E-state index < -0.39 is 0 Å². The van der Waals surface area contributed by atoms with Crippen molar-refractivity contribution in [2.75, 3.05) is 19.0 Å². The summed E-state index contributed by atoms with van der Waals surface area (Å²) >= 11 is 1.69. The van der Waals surface area contributed by atoms with Gasteiger partial charge in [-0.1, -0.05) is 13.0 Å². The Morgan fingerprint density at radius 3 is 3.00 bits per heavy atom. The normalized spacial score (nSPS) is 12.3. The summed E-state index contributed by atoms with van der Waals surface area (Å²) in [6, 6.07) is 0. The van der Waals surface area contributed by atoms with Gasteiger partial charge in [0.25, 0.3) is 0 Å². The molecule has 0 rings (SSSR count). The van der Waals surface area contributed by atoms with E-state index in [0.717, 1.165) is 18.7 Å². The minimum atomic E-state index is 0.401. The molecular weight excluding hydrogens is 254 g/mol. The van der Waals surface area contributed by atoms with E-state index >= 15 is 0 Å². The van der Waals surface area contributed by atoms with E-state index in [9.17, 15) is 0 Å². The minimum absolute atomic E-state index is 0.401. The van der Waals surface area contributed by atoms with Crippen LogP contribution in [-0.2, 0) is 0 Å². The lowest BCUT2D eigenvalue weighted by atomic mass is 10.1. The van der Waals surface area contributed by atoms with Crippen LogP contribution in [0, 0.1) is 5.92 Å². The van der Waals surface area contributed by atoms with Crippen molar-refractivity contribution in [1.82, 2.24) is 5.32 Å². The highest BCUT2D eigenvalue weighted by Crippen LogP contribution is 2.03. The molecule has 0 aliphatic heterocycles. The monoisotopic (exact) mass is 277 g/mol. The van der Waals surface area contributed by atoms with Gasteiger partial charge < -0.3 is 0 Å². The van der Waals surface area contributed by atoms with E-state index in [0.29, 0.717) is 12.6 Å². The highest BCUT2D eigenvalue weighted by atomic mass is 32.2. The molecule has 0 fully saturated rings. The van der Waals surface area contributed by atoms with E-state index in [2.05, 4.69) is 41.3 Å². The quantitative estimate of drug-likeness (QED) is 0.272. The zero-order valence-electron chi connectivity index (χ0n) is 11.6. The summed E-state index contributed by atoms with van der Waals surface area (Å²) in [6.45, 7) is 10.8. The molecule has 0 heterocycles. The number of hydrogen-bond donors (Lipinski definition) is 1. The summed E-state index contributed by atoms with van der Waals surface area (Å²) in [5, 5.41) is 5.14. The number of allylic oxidation sites excluding steroid dienone is 2. The summed E-state index contributed by atoms with van der Waals surface area (Å²) in [4.78, 5) is 7.82. The zero-order chi connectivity index (χ0) is 14.2. The molecule has 104 valence electrons. The molecule has 19 heavy (non-hydrogen) atoms. The van der Waals surface area contributed by atoms with Crippen molar-refractivity contribution in [2.24, 2.45) is 15.9 Å². The Kier molecular flexibility index (Phi) is 13.7. The van der Waals surface area contributed by atoms with Crippen molar-refractivity contribution in [1.29, 1.82) is 0 Å². The van der Waals surface area contributed by atoms with Crippen LogP contribution in [0.5, 0.6) is 0 Å². The van der Waals surface area contributed by atoms with Crippen LogP contribution in [0.3, 0.4) is 0 Å². The predicted octanol–water partition coefficient (Wildman–Crippen LogP) is 3.43. The van der Waals surface area contributed by atoms with Gasteiger partial charge in [-0.2, -0.15) is 0 Å². The first-order valence-electron chi connectivity index (χ1n) is 6.31. The van der Waals surface area contributed by atoms with Gasteiger partial charge in [0.2, 0.25) is 0 Å². The molecular formula is C15H23N3S. The third kappa shape index (κ3) is 12.9. The third-order valence-electron chi connectivity index (χ3n) is 2.22. The minimum Gasteiger partial charge on any atom is -0.297 e. The summed E-state index contributed by atoms with van der Waals surface area (Å²) in [7, 11) is 0. The fraction of sp³-hybridized carbons (Fsp3) is 0.400. The summed E-state index contributed by atoms with van der Waals surface area (Å²) in [5.74, 6) is 1.40. The molecule has 0 aliphatic carbocycles. The molecule has 0 bridgehead atoms. The number of nitrogens with zero attached hydrogens (tertiary/aromatic N) is 2. The summed E-state index contributed by atoms with van der Waals surface area (Å²) < 4.78 is 0. The summed E-state index contributed by atoms with van der Waals surface area (Å²) in [6.07, 6.45) is 10.2. The van der Waals surface area contributed by atoms with Gasteiger partial charge in [0.1, 0.15) is 0 Å². The van der Waals surface area contributed by atoms with E-state index in [1.165, 1.54) is 0 Å². The Hall–Kier alpha value is -1.35. The van der Waals surface area contributed by atoms with Crippen molar-refractivity contribution in [2.45, 2.75) is 13.3 Å². The van der Waals surface area contributed by atoms with Crippen LogP contribution in [0.15, 0.2) is 52.1 Å². The SMILES string of the molecule is C=CC(C=C=CC=NCNCCS/C=C\N=C)CC. The molecule has 1 N–H and O–H groups in total. The Balaban J connectivity index is 3.58. The Morgan fingerprint density at radius 2 is 2.32 bits per heavy atom. The average molecular weight is 277 g/mol. The van der Waals surface area contributed by atoms with Crippen LogP contribution in [0.2, 0.25) is 0 Å². The fourth-order valence-electron chi connectivity index (χ4n) is 1.11. The maximum atomic E-state index is 4.20. The molecule has 1 unspecified atom stereocenters. The molecule has 0 aromatic carbocycles. The highest BCUT2D eigenvalue weighted by molar-refractivity contribution is 8.02. The first-order valence-corrected chi connectivity index (χ1v) is 7.36. The lowest BCUT2D eigenvalue weighted by Gasteiger charge is -1.97. The predicted molar refractivity (Wildman–Crippen MR) is 89.1 cm³/mol. The molecule has 0 amide bonds. The van der Waals surface area contributed by atoms with Gasteiger partial charge in [-0.05, 0) is 30.7 Å². The molecule has 0 aliphatic rings. The van der Waals surface area contributed by atoms with Crippen LogP contribution in [0.25, 0.3) is 0 Å². The average Bonchev–Trinajstić information content (AvgIpc) is 2.44. The number of aliphatic imine (C=N–C) groups is 2. The molecule has 3 nitrogen and oxygen atoms in total. The van der Waals surface area contributed by atoms with Crippen LogP contribution in [-0.4, -0.2) is 31.9 Å². The molecule has 0 spiro atoms. The lowest BCUT2D eigenvalue weighted by Crippen LogP contribution is -2.16. The number of rotatable bonds is 11. The fourth-order valence-corrected chi connectivity index (χ4v) is 1.68. The van der Waals surface area contributed by atoms with E-state index in [1.807, 2.05) is 23.6 Å².